The number of aliphatic hydroxyl groups excluding tert-OH is 1. The maximum atomic E-state index is 14.5. The third kappa shape index (κ3) is 3.37. The first-order chi connectivity index (χ1) is 14.4. The lowest BCUT2D eigenvalue weighted by Gasteiger charge is -2.45. The molecule has 8 heteroatoms. The van der Waals surface area contributed by atoms with Gasteiger partial charge in [-0.15, -0.1) is 0 Å². The van der Waals surface area contributed by atoms with Gasteiger partial charge in [-0.1, -0.05) is 36.9 Å². The highest BCUT2D eigenvalue weighted by Crippen LogP contribution is 2.57. The molecular formula is C22H22F2N2O3S. The van der Waals surface area contributed by atoms with Gasteiger partial charge in [-0.25, -0.2) is 13.8 Å². The summed E-state index contributed by atoms with van der Waals surface area (Å²) in [6.07, 6.45) is 0.325. The second-order valence-electron chi connectivity index (χ2n) is 7.46. The van der Waals surface area contributed by atoms with Crippen molar-refractivity contribution in [2.45, 2.75) is 37.7 Å². The minimum atomic E-state index is -1.02. The molecule has 2 heterocycles. The number of thioether (sulfide) groups is 1. The lowest BCUT2D eigenvalue weighted by atomic mass is 9.84. The van der Waals surface area contributed by atoms with Crippen molar-refractivity contribution in [1.29, 1.82) is 0 Å². The van der Waals surface area contributed by atoms with Crippen molar-refractivity contribution in [3.05, 3.63) is 65.2 Å². The van der Waals surface area contributed by atoms with E-state index >= 15 is 0 Å². The average Bonchev–Trinajstić information content (AvgIpc) is 3.13. The molecule has 3 atom stereocenters. The van der Waals surface area contributed by atoms with Gasteiger partial charge in [-0.3, -0.25) is 4.79 Å². The first-order valence-corrected chi connectivity index (χ1v) is 10.6. The molecule has 158 valence electrons. The number of carbonyl (C=O) groups excluding carboxylic acids is 1. The number of carbonyl (C=O) groups is 1. The minimum Gasteiger partial charge on any atom is -0.493 e. The van der Waals surface area contributed by atoms with E-state index in [1.807, 2.05) is 31.2 Å². The largest absolute Gasteiger partial charge is 0.493 e. The zero-order valence-corrected chi connectivity index (χ0v) is 17.5. The van der Waals surface area contributed by atoms with Crippen molar-refractivity contribution in [2.75, 3.05) is 6.61 Å². The van der Waals surface area contributed by atoms with Gasteiger partial charge in [0.05, 0.1) is 12.7 Å². The predicted octanol–water partition coefficient (Wildman–Crippen LogP) is 4.24. The fraction of sp³-hybridized carbons (Fsp3) is 0.364. The first-order valence-electron chi connectivity index (χ1n) is 9.81. The van der Waals surface area contributed by atoms with Gasteiger partial charge in [0.1, 0.15) is 22.4 Å². The number of rotatable bonds is 4. The van der Waals surface area contributed by atoms with E-state index in [9.17, 15) is 18.7 Å². The van der Waals surface area contributed by atoms with Gasteiger partial charge in [0.15, 0.2) is 4.87 Å². The topological polar surface area (TPSA) is 62.1 Å². The van der Waals surface area contributed by atoms with Gasteiger partial charge < -0.3 is 9.84 Å². The summed E-state index contributed by atoms with van der Waals surface area (Å²) in [4.78, 5) is 11.7. The number of ether oxygens (including phenoxy) is 1. The highest BCUT2D eigenvalue weighted by atomic mass is 32.2. The quantitative estimate of drug-likeness (QED) is 0.785. The summed E-state index contributed by atoms with van der Waals surface area (Å²) < 4.78 is 34.3. The van der Waals surface area contributed by atoms with Gasteiger partial charge in [-0.2, -0.15) is 5.10 Å². The van der Waals surface area contributed by atoms with E-state index in [0.717, 1.165) is 23.8 Å². The summed E-state index contributed by atoms with van der Waals surface area (Å²) in [5.41, 5.74) is 0.724. The van der Waals surface area contributed by atoms with Crippen LogP contribution in [-0.4, -0.2) is 33.8 Å². The maximum Gasteiger partial charge on any atom is 0.241 e. The maximum absolute atomic E-state index is 14.5. The zero-order valence-electron chi connectivity index (χ0n) is 16.6. The monoisotopic (exact) mass is 432 g/mol. The number of halogens is 2. The summed E-state index contributed by atoms with van der Waals surface area (Å²) in [5.74, 6) is -1.24. The molecule has 4 rings (SSSR count). The van der Waals surface area contributed by atoms with Crippen LogP contribution < -0.4 is 4.74 Å². The van der Waals surface area contributed by atoms with Crippen molar-refractivity contribution >= 4 is 22.7 Å². The molecule has 1 N–H and O–H groups in total. The lowest BCUT2D eigenvalue weighted by molar-refractivity contribution is -0.135. The number of amides is 1. The van der Waals surface area contributed by atoms with Crippen LogP contribution in [-0.2, 0) is 9.67 Å². The average molecular weight is 432 g/mol. The number of benzene rings is 2. The zero-order chi connectivity index (χ0) is 21.5. The van der Waals surface area contributed by atoms with Crippen molar-refractivity contribution in [3.8, 4) is 5.75 Å². The Bertz CT molecular complexity index is 1020. The van der Waals surface area contributed by atoms with E-state index in [0.29, 0.717) is 18.6 Å². The fourth-order valence-corrected chi connectivity index (χ4v) is 5.56. The SMILES string of the molecule is CCC(O)CC1COc2ccccc2C12SC(c1cc(F)ccc1F)=NN2C(C)=O. The highest BCUT2D eigenvalue weighted by Gasteiger charge is 2.56. The molecule has 0 radical (unpaired) electrons. The number of fused-ring (bicyclic) bond motifs is 2. The summed E-state index contributed by atoms with van der Waals surface area (Å²) >= 11 is 1.21. The Morgan fingerprint density at radius 2 is 2.13 bits per heavy atom. The van der Waals surface area contributed by atoms with E-state index in [2.05, 4.69) is 5.10 Å². The van der Waals surface area contributed by atoms with Gasteiger partial charge >= 0.3 is 0 Å². The van der Waals surface area contributed by atoms with E-state index in [1.165, 1.54) is 23.7 Å². The Morgan fingerprint density at radius 3 is 2.87 bits per heavy atom. The Balaban J connectivity index is 1.88. The molecule has 2 aliphatic rings. The molecule has 2 aromatic rings. The predicted molar refractivity (Wildman–Crippen MR) is 111 cm³/mol. The third-order valence-electron chi connectivity index (χ3n) is 5.51. The Labute approximate surface area is 177 Å². The molecule has 5 nitrogen and oxygen atoms in total. The van der Waals surface area contributed by atoms with Crippen molar-refractivity contribution < 1.29 is 23.4 Å². The van der Waals surface area contributed by atoms with Crippen LogP contribution in [0.25, 0.3) is 0 Å². The molecule has 1 amide bonds. The van der Waals surface area contributed by atoms with Crippen LogP contribution >= 0.6 is 11.8 Å². The second-order valence-corrected chi connectivity index (χ2v) is 8.67. The van der Waals surface area contributed by atoms with Crippen molar-refractivity contribution in [1.82, 2.24) is 5.01 Å². The molecule has 0 bridgehead atoms. The van der Waals surface area contributed by atoms with Gasteiger partial charge in [-0.05, 0) is 37.1 Å². The number of hydrazone groups is 1. The molecule has 2 aliphatic heterocycles. The molecule has 0 fully saturated rings. The molecule has 0 saturated carbocycles. The van der Waals surface area contributed by atoms with Crippen LogP contribution in [0, 0.1) is 17.6 Å². The fourth-order valence-electron chi connectivity index (χ4n) is 4.01. The number of para-hydroxylation sites is 1. The summed E-state index contributed by atoms with van der Waals surface area (Å²) in [5, 5.41) is 16.4. The number of hydrogen-bond acceptors (Lipinski definition) is 5. The van der Waals surface area contributed by atoms with E-state index < -0.39 is 22.6 Å². The normalized spacial score (nSPS) is 23.7. The minimum absolute atomic E-state index is 0.00175. The Morgan fingerprint density at radius 1 is 1.37 bits per heavy atom. The smallest absolute Gasteiger partial charge is 0.241 e. The van der Waals surface area contributed by atoms with Crippen molar-refractivity contribution in [3.63, 3.8) is 0 Å². The van der Waals surface area contributed by atoms with Gasteiger partial charge in [0.25, 0.3) is 0 Å². The van der Waals surface area contributed by atoms with Crippen LogP contribution in [0.2, 0.25) is 0 Å². The molecule has 3 unspecified atom stereocenters. The van der Waals surface area contributed by atoms with Gasteiger partial charge in [0.2, 0.25) is 5.91 Å². The molecule has 0 aromatic heterocycles. The number of aliphatic hydroxyl groups is 1. The van der Waals surface area contributed by atoms with Crippen LogP contribution in [0.5, 0.6) is 5.75 Å². The summed E-state index contributed by atoms with van der Waals surface area (Å²) in [7, 11) is 0. The Kier molecular flexibility index (Phi) is 5.55. The number of hydrogen-bond donors (Lipinski definition) is 1. The summed E-state index contributed by atoms with van der Waals surface area (Å²) in [6.45, 7) is 3.53. The van der Waals surface area contributed by atoms with E-state index in [-0.39, 0.29) is 29.0 Å². The van der Waals surface area contributed by atoms with Gasteiger partial charge in [0, 0.05) is 24.0 Å². The van der Waals surface area contributed by atoms with Crippen LogP contribution in [0.15, 0.2) is 47.6 Å². The summed E-state index contributed by atoms with van der Waals surface area (Å²) in [6, 6.07) is 10.5. The molecule has 2 aromatic carbocycles. The van der Waals surface area contributed by atoms with Crippen LogP contribution in [0.4, 0.5) is 8.78 Å². The lowest BCUT2D eigenvalue weighted by Crippen LogP contribution is -2.51. The standard InChI is InChI=1S/C22H22F2N2O3S/c1-3-16(28)10-14-12-29-20-7-5-4-6-18(20)22(14)26(13(2)27)25-21(30-22)17-11-15(23)8-9-19(17)24/h4-9,11,14,16,28H,3,10,12H2,1-2H3. The van der Waals surface area contributed by atoms with Crippen LogP contribution in [0.1, 0.15) is 37.8 Å². The Hall–Kier alpha value is -2.45. The molecule has 30 heavy (non-hydrogen) atoms. The van der Waals surface area contributed by atoms with Crippen molar-refractivity contribution in [2.24, 2.45) is 11.0 Å². The van der Waals surface area contributed by atoms with Crippen LogP contribution in [0.3, 0.4) is 0 Å². The highest BCUT2D eigenvalue weighted by molar-refractivity contribution is 8.15. The van der Waals surface area contributed by atoms with E-state index in [1.54, 1.807) is 0 Å². The molecular weight excluding hydrogens is 410 g/mol. The number of nitrogens with zero attached hydrogens (tertiary/aromatic N) is 2. The molecule has 1 spiro atoms. The second kappa shape index (κ2) is 8.00. The molecule has 0 aliphatic carbocycles. The molecule has 0 saturated heterocycles. The third-order valence-corrected chi connectivity index (χ3v) is 7.04. The van der Waals surface area contributed by atoms with E-state index in [4.69, 9.17) is 4.74 Å². The first kappa shape index (κ1) is 20.8.